The van der Waals surface area contributed by atoms with Crippen molar-refractivity contribution in [1.82, 2.24) is 0 Å². The highest BCUT2D eigenvalue weighted by molar-refractivity contribution is 8.07. The smallest absolute Gasteiger partial charge is 0.189 e. The largest absolute Gasteiger partial charge is 0.497 e. The van der Waals surface area contributed by atoms with Gasteiger partial charge in [0.2, 0.25) is 0 Å². The molecule has 2 fully saturated rings. The topological polar surface area (TPSA) is 44.8 Å². The van der Waals surface area contributed by atoms with Gasteiger partial charge in [0.05, 0.1) is 12.7 Å². The van der Waals surface area contributed by atoms with E-state index in [0.29, 0.717) is 35.0 Å². The van der Waals surface area contributed by atoms with E-state index in [1.165, 1.54) is 0 Å². The summed E-state index contributed by atoms with van der Waals surface area (Å²) in [5.74, 6) is 4.33. The van der Waals surface area contributed by atoms with Crippen LogP contribution in [-0.4, -0.2) is 48.1 Å². The van der Waals surface area contributed by atoms with Gasteiger partial charge in [-0.05, 0) is 35.9 Å². The molecule has 0 saturated carbocycles. The summed E-state index contributed by atoms with van der Waals surface area (Å²) < 4.78 is 16.9. The van der Waals surface area contributed by atoms with E-state index in [1.54, 1.807) is 25.3 Å². The Bertz CT molecular complexity index is 855. The van der Waals surface area contributed by atoms with Gasteiger partial charge in [0, 0.05) is 28.1 Å². The molecule has 2 saturated heterocycles. The predicted molar refractivity (Wildman–Crippen MR) is 116 cm³/mol. The van der Waals surface area contributed by atoms with Crippen LogP contribution in [0.4, 0.5) is 0 Å². The number of thioether (sulfide) groups is 2. The van der Waals surface area contributed by atoms with E-state index in [-0.39, 0.29) is 5.78 Å². The molecule has 2 aliphatic heterocycles. The Morgan fingerprint density at radius 1 is 1.00 bits per heavy atom. The third kappa shape index (κ3) is 5.49. The van der Waals surface area contributed by atoms with Crippen LogP contribution in [0.25, 0.3) is 6.08 Å². The SMILES string of the molecule is COc1ccc(/C=C/C(=O)c2ccc(OCC3CS3)cc2OCC2CS2)cc1. The molecule has 0 aliphatic carbocycles. The molecule has 146 valence electrons. The summed E-state index contributed by atoms with van der Waals surface area (Å²) in [6.45, 7) is 1.32. The first-order valence-electron chi connectivity index (χ1n) is 9.20. The molecule has 4 rings (SSSR count). The molecule has 6 heteroatoms. The molecule has 2 heterocycles. The summed E-state index contributed by atoms with van der Waals surface area (Å²) >= 11 is 3.77. The zero-order chi connectivity index (χ0) is 19.3. The number of ether oxygens (including phenoxy) is 3. The maximum atomic E-state index is 12.8. The first-order chi connectivity index (χ1) is 13.7. The second-order valence-corrected chi connectivity index (χ2v) is 9.33. The van der Waals surface area contributed by atoms with E-state index in [9.17, 15) is 4.79 Å². The molecule has 2 aromatic carbocycles. The first kappa shape index (κ1) is 19.3. The van der Waals surface area contributed by atoms with E-state index < -0.39 is 0 Å². The summed E-state index contributed by atoms with van der Waals surface area (Å²) in [5, 5.41) is 1.13. The molecule has 2 atom stereocenters. The molecule has 28 heavy (non-hydrogen) atoms. The van der Waals surface area contributed by atoms with E-state index in [4.69, 9.17) is 14.2 Å². The molecule has 0 N–H and O–H groups in total. The minimum atomic E-state index is -0.0847. The highest BCUT2D eigenvalue weighted by Gasteiger charge is 2.25. The Morgan fingerprint density at radius 2 is 1.64 bits per heavy atom. The van der Waals surface area contributed by atoms with Crippen molar-refractivity contribution >= 4 is 35.4 Å². The maximum absolute atomic E-state index is 12.8. The number of carbonyl (C=O) groups excluding carboxylic acids is 1. The highest BCUT2D eigenvalue weighted by atomic mass is 32.2. The average Bonchev–Trinajstić information content (AvgIpc) is 3.64. The molecule has 0 spiro atoms. The second kappa shape index (κ2) is 8.97. The first-order valence-corrected chi connectivity index (χ1v) is 11.3. The van der Waals surface area contributed by atoms with Crippen molar-refractivity contribution in [2.75, 3.05) is 31.8 Å². The molecule has 4 nitrogen and oxygen atoms in total. The van der Waals surface area contributed by atoms with Crippen molar-refractivity contribution < 1.29 is 19.0 Å². The van der Waals surface area contributed by atoms with Crippen LogP contribution in [0, 0.1) is 0 Å². The van der Waals surface area contributed by atoms with Crippen LogP contribution in [0.3, 0.4) is 0 Å². The summed E-state index contributed by atoms with van der Waals surface area (Å²) in [7, 11) is 1.63. The number of allylic oxidation sites excluding steroid dienone is 1. The van der Waals surface area contributed by atoms with Crippen LogP contribution < -0.4 is 14.2 Å². The van der Waals surface area contributed by atoms with E-state index in [2.05, 4.69) is 0 Å². The van der Waals surface area contributed by atoms with Crippen LogP contribution >= 0.6 is 23.5 Å². The van der Waals surface area contributed by atoms with Crippen molar-refractivity contribution in [1.29, 1.82) is 0 Å². The van der Waals surface area contributed by atoms with Gasteiger partial charge in [-0.1, -0.05) is 18.2 Å². The van der Waals surface area contributed by atoms with Gasteiger partial charge in [-0.3, -0.25) is 4.79 Å². The van der Waals surface area contributed by atoms with Gasteiger partial charge in [0.15, 0.2) is 5.78 Å². The lowest BCUT2D eigenvalue weighted by Gasteiger charge is -2.12. The fourth-order valence-electron chi connectivity index (χ4n) is 2.59. The fourth-order valence-corrected chi connectivity index (χ4v) is 3.39. The molecule has 0 aromatic heterocycles. The summed E-state index contributed by atoms with van der Waals surface area (Å²) in [6, 6.07) is 13.1. The summed E-state index contributed by atoms with van der Waals surface area (Å²) in [4.78, 5) is 12.8. The third-order valence-electron chi connectivity index (χ3n) is 4.43. The lowest BCUT2D eigenvalue weighted by atomic mass is 10.1. The van der Waals surface area contributed by atoms with Gasteiger partial charge >= 0.3 is 0 Å². The van der Waals surface area contributed by atoms with Crippen molar-refractivity contribution in [3.05, 3.63) is 59.7 Å². The number of carbonyl (C=O) groups is 1. The molecule has 2 aromatic rings. The third-order valence-corrected chi connectivity index (χ3v) is 6.31. The molecule has 2 unspecified atom stereocenters. The van der Waals surface area contributed by atoms with Gasteiger partial charge in [-0.2, -0.15) is 23.5 Å². The minimum Gasteiger partial charge on any atom is -0.497 e. The van der Waals surface area contributed by atoms with Crippen molar-refractivity contribution in [2.24, 2.45) is 0 Å². The Balaban J connectivity index is 1.47. The quantitative estimate of drug-likeness (QED) is 0.322. The molecule has 0 radical (unpaired) electrons. The van der Waals surface area contributed by atoms with Gasteiger partial charge < -0.3 is 14.2 Å². The van der Waals surface area contributed by atoms with Crippen LogP contribution in [0.5, 0.6) is 17.2 Å². The monoisotopic (exact) mass is 414 g/mol. The summed E-state index contributed by atoms with van der Waals surface area (Å²) in [6.07, 6.45) is 3.38. The Kier molecular flexibility index (Phi) is 6.17. The van der Waals surface area contributed by atoms with E-state index in [1.807, 2.05) is 59.9 Å². The lowest BCUT2D eigenvalue weighted by molar-refractivity contribution is 0.104. The average molecular weight is 415 g/mol. The van der Waals surface area contributed by atoms with E-state index in [0.717, 1.165) is 28.6 Å². The lowest BCUT2D eigenvalue weighted by Crippen LogP contribution is -2.08. The number of benzene rings is 2. The van der Waals surface area contributed by atoms with Crippen LogP contribution in [0.2, 0.25) is 0 Å². The fraction of sp³-hybridized carbons (Fsp3) is 0.318. The molecular formula is C22H22O4S2. The summed E-state index contributed by atoms with van der Waals surface area (Å²) in [5.41, 5.74) is 1.50. The Labute approximate surface area is 173 Å². The number of hydrogen-bond acceptors (Lipinski definition) is 6. The number of rotatable bonds is 10. The highest BCUT2D eigenvalue weighted by Crippen LogP contribution is 2.34. The number of hydrogen-bond donors (Lipinski definition) is 0. The molecule has 0 bridgehead atoms. The standard InChI is InChI=1S/C22H22O4S2/c1-24-16-5-2-15(3-6-16)4-9-21(23)20-8-7-17(25-11-18-13-27-18)10-22(20)26-12-19-14-28-19/h2-10,18-19H,11-14H2,1H3/b9-4+. The number of methoxy groups -OCH3 is 1. The zero-order valence-corrected chi connectivity index (χ0v) is 17.3. The predicted octanol–water partition coefficient (Wildman–Crippen LogP) is 4.58. The van der Waals surface area contributed by atoms with Gasteiger partial charge in [-0.25, -0.2) is 0 Å². The normalized spacial score (nSPS) is 20.0. The zero-order valence-electron chi connectivity index (χ0n) is 15.6. The van der Waals surface area contributed by atoms with Crippen LogP contribution in [-0.2, 0) is 0 Å². The molecular weight excluding hydrogens is 392 g/mol. The Hall–Kier alpha value is -2.05. The Morgan fingerprint density at radius 3 is 2.29 bits per heavy atom. The minimum absolute atomic E-state index is 0.0847. The molecule has 2 aliphatic rings. The maximum Gasteiger partial charge on any atom is 0.189 e. The van der Waals surface area contributed by atoms with Crippen molar-refractivity contribution in [2.45, 2.75) is 10.5 Å². The van der Waals surface area contributed by atoms with Gasteiger partial charge in [0.1, 0.15) is 30.5 Å². The molecule has 0 amide bonds. The van der Waals surface area contributed by atoms with Crippen LogP contribution in [0.1, 0.15) is 15.9 Å². The number of ketones is 1. The van der Waals surface area contributed by atoms with Gasteiger partial charge in [-0.15, -0.1) is 0 Å². The second-order valence-electron chi connectivity index (χ2n) is 6.66. The van der Waals surface area contributed by atoms with Crippen molar-refractivity contribution in [3.63, 3.8) is 0 Å². The van der Waals surface area contributed by atoms with Crippen LogP contribution in [0.15, 0.2) is 48.5 Å². The van der Waals surface area contributed by atoms with E-state index >= 15 is 0 Å². The van der Waals surface area contributed by atoms with Crippen molar-refractivity contribution in [3.8, 4) is 17.2 Å². The van der Waals surface area contributed by atoms with Gasteiger partial charge in [0.25, 0.3) is 0 Å².